The molecule has 0 radical (unpaired) electrons. The molecule has 88 heavy (non-hydrogen) atoms. The number of rotatable bonds is 18. The smallest absolute Gasteiger partial charge is 0.472 e. The van der Waals surface area contributed by atoms with Crippen molar-refractivity contribution in [2.24, 2.45) is 5.92 Å². The van der Waals surface area contributed by atoms with Gasteiger partial charge in [-0.15, -0.1) is 0 Å². The van der Waals surface area contributed by atoms with Crippen molar-refractivity contribution in [3.8, 4) is 23.0 Å². The fourth-order valence-electron chi connectivity index (χ4n) is 10.4. The average molecular weight is 1340 g/mol. The molecule has 0 spiro atoms. The standard InChI is InChI=1S/C50H49ClF10N9O15PS2/c1-47(2,87(3,80)81)12-11-27-5-6-30(40(62-27)35(15-24-13-25(52)16-26(53)14-24)63-36(72)20-68-43-38(42(64-68)50(59,60)61)32-7-9-33(32)49(43,57)58)31-8-10-34(51)39-41(31)69(22-48(54,55)56)65-44(39)70(88(4,82)83)45(75)67-19-29(71)17-28(67)18-66(21-37(73)74)46(76)84-23-85-86(77,78)79/h5-6,8,10,13-14,16,28-29,32-33,35,71H,7,9,15,17-23H2,1-4H3,(H,63,72)(H,73,74)(H2,77,78,79)/t28-,29+,32-,33+,35-/m0/s1. The van der Waals surface area contributed by atoms with Gasteiger partial charge in [0.05, 0.1) is 46.1 Å². The van der Waals surface area contributed by atoms with Crippen molar-refractivity contribution in [1.29, 1.82) is 0 Å². The minimum Gasteiger partial charge on any atom is -0.480 e. The molecule has 1 aliphatic heterocycles. The number of carbonyl (C=O) groups is 4. The fourth-order valence-corrected chi connectivity index (χ4v) is 11.9. The summed E-state index contributed by atoms with van der Waals surface area (Å²) in [5, 5.41) is 28.7. The molecule has 24 nitrogen and oxygen atoms in total. The maximum Gasteiger partial charge on any atom is 0.472 e. The zero-order valence-corrected chi connectivity index (χ0v) is 49.1. The minimum absolute atomic E-state index is 0.0668. The molecule has 5 aromatic rings. The maximum atomic E-state index is 16.0. The van der Waals surface area contributed by atoms with Gasteiger partial charge in [-0.2, -0.15) is 49.6 Å². The van der Waals surface area contributed by atoms with Crippen LogP contribution in [0.4, 0.5) is 59.3 Å². The highest BCUT2D eigenvalue weighted by atomic mass is 35.5. The summed E-state index contributed by atoms with van der Waals surface area (Å²) in [6.45, 7) is -5.62. The summed E-state index contributed by atoms with van der Waals surface area (Å²) < 4.78 is 222. The number of aliphatic hydroxyl groups excluding tert-OH is 1. The Morgan fingerprint density at radius 2 is 1.60 bits per heavy atom. The number of ether oxygens (including phenoxy) is 1. The lowest BCUT2D eigenvalue weighted by molar-refractivity contribution is -0.144. The fraction of sp³-hybridized carbons (Fsp3) is 0.460. The van der Waals surface area contributed by atoms with Gasteiger partial charge in [0.1, 0.15) is 47.4 Å². The molecule has 0 unspecified atom stereocenters. The van der Waals surface area contributed by atoms with Crippen LogP contribution in [0.5, 0.6) is 0 Å². The number of phosphoric ester groups is 1. The lowest BCUT2D eigenvalue weighted by atomic mass is 9.73. The number of sulfone groups is 1. The number of alkyl halides is 8. The number of anilines is 1. The highest BCUT2D eigenvalue weighted by Gasteiger charge is 2.64. The van der Waals surface area contributed by atoms with Crippen LogP contribution in [0, 0.1) is 29.4 Å². The summed E-state index contributed by atoms with van der Waals surface area (Å²) in [6, 6.07) is 0.775. The molecule has 4 amide bonds. The van der Waals surface area contributed by atoms with E-state index in [1.54, 1.807) is 0 Å². The number of carboxylic acid groups (broad SMARTS) is 1. The van der Waals surface area contributed by atoms with Gasteiger partial charge in [-0.05, 0) is 87.3 Å². The number of likely N-dealkylation sites (tertiary alicyclic amines) is 1. The highest BCUT2D eigenvalue weighted by Crippen LogP contribution is 2.64. The molecule has 4 heterocycles. The van der Waals surface area contributed by atoms with Crippen molar-refractivity contribution >= 4 is 80.0 Å². The van der Waals surface area contributed by atoms with Gasteiger partial charge >= 0.3 is 38.3 Å². The van der Waals surface area contributed by atoms with Crippen LogP contribution >= 0.6 is 19.4 Å². The Labute approximate surface area is 496 Å². The lowest BCUT2D eigenvalue weighted by Gasteiger charge is -2.34. The Hall–Kier alpha value is -7.13. The first-order valence-corrected chi connectivity index (χ1v) is 31.2. The van der Waals surface area contributed by atoms with Crippen LogP contribution in [0.1, 0.15) is 79.0 Å². The van der Waals surface area contributed by atoms with Crippen LogP contribution in [-0.4, -0.2) is 157 Å². The second-order valence-electron chi connectivity index (χ2n) is 21.3. The molecule has 478 valence electrons. The number of aromatic nitrogens is 5. The number of fused-ring (bicyclic) bond motifs is 4. The number of pyridine rings is 1. The molecule has 3 aliphatic rings. The van der Waals surface area contributed by atoms with Crippen molar-refractivity contribution in [2.75, 3.05) is 43.2 Å². The Morgan fingerprint density at radius 1 is 0.955 bits per heavy atom. The molecule has 2 fully saturated rings. The first kappa shape index (κ1) is 66.8. The molecule has 1 saturated carbocycles. The predicted octanol–water partition coefficient (Wildman–Crippen LogP) is 6.59. The summed E-state index contributed by atoms with van der Waals surface area (Å²) >= 11 is 6.74. The highest BCUT2D eigenvalue weighted by molar-refractivity contribution is 7.93. The number of nitrogens with one attached hydrogen (secondary N) is 1. The van der Waals surface area contributed by atoms with Crippen molar-refractivity contribution in [1.82, 2.24) is 39.7 Å². The zero-order chi connectivity index (χ0) is 65.3. The number of urea groups is 1. The van der Waals surface area contributed by atoms with Crippen LogP contribution in [0.3, 0.4) is 0 Å². The van der Waals surface area contributed by atoms with E-state index < -0.39 is 230 Å². The molecule has 0 bridgehead atoms. The summed E-state index contributed by atoms with van der Waals surface area (Å²) in [5.41, 5.74) is -6.79. The SMILES string of the molecule is CC(C)(C#Cc1ccc(-c2ccc(Cl)c3c(N(C(=O)N4C[C@H](O)C[C@H]4CN(CC(=O)O)C(=O)OCOP(=O)(O)O)S(C)(=O)=O)nn(CC(F)(F)F)c23)c([C@H](Cc2cc(F)cc(F)c2)NC(=O)Cn2nc(C(F)(F)F)c3c2C(F)(F)[C@@H]2CC[C@H]32)n1)S(C)(=O)=O. The van der Waals surface area contributed by atoms with Crippen LogP contribution in [0.25, 0.3) is 22.0 Å². The number of benzene rings is 2. The largest absolute Gasteiger partial charge is 0.480 e. The van der Waals surface area contributed by atoms with Gasteiger partial charge in [-0.1, -0.05) is 23.6 Å². The molecule has 3 aromatic heterocycles. The van der Waals surface area contributed by atoms with E-state index >= 15 is 17.6 Å². The normalized spacial score (nSPS) is 18.9. The number of aliphatic hydroxyl groups is 1. The number of amides is 4. The van der Waals surface area contributed by atoms with Crippen LogP contribution < -0.4 is 9.62 Å². The predicted molar refractivity (Wildman–Crippen MR) is 285 cm³/mol. The number of aliphatic carboxylic acids is 1. The summed E-state index contributed by atoms with van der Waals surface area (Å²) in [6.07, 6.45) is -14.2. The van der Waals surface area contributed by atoms with E-state index in [0.717, 1.165) is 42.7 Å². The van der Waals surface area contributed by atoms with Crippen LogP contribution in [0.15, 0.2) is 42.5 Å². The maximum absolute atomic E-state index is 16.0. The molecule has 2 aromatic carbocycles. The molecule has 2 aliphatic carbocycles. The Balaban J connectivity index is 1.32. The number of halogens is 11. The van der Waals surface area contributed by atoms with Crippen molar-refractivity contribution in [3.63, 3.8) is 0 Å². The molecule has 38 heteroatoms. The van der Waals surface area contributed by atoms with E-state index in [9.17, 15) is 77.1 Å². The van der Waals surface area contributed by atoms with Gasteiger partial charge < -0.3 is 35.0 Å². The molecular weight excluding hydrogens is 1290 g/mol. The van der Waals surface area contributed by atoms with Crippen molar-refractivity contribution in [3.05, 3.63) is 93.0 Å². The third-order valence-electron chi connectivity index (χ3n) is 14.5. The van der Waals surface area contributed by atoms with E-state index in [1.165, 1.54) is 13.8 Å². The second kappa shape index (κ2) is 24.0. The summed E-state index contributed by atoms with van der Waals surface area (Å²) in [7, 11) is -14.5. The first-order valence-electron chi connectivity index (χ1n) is 25.6. The van der Waals surface area contributed by atoms with E-state index in [0.29, 0.717) is 22.1 Å². The monoisotopic (exact) mass is 1340 g/mol. The molecular formula is C50H49ClF10N9O15PS2. The van der Waals surface area contributed by atoms with Crippen molar-refractivity contribution < 1.29 is 114 Å². The molecule has 5 N–H and O–H groups in total. The lowest BCUT2D eigenvalue weighted by Crippen LogP contribution is -2.52. The molecule has 5 atom stereocenters. The van der Waals surface area contributed by atoms with E-state index in [2.05, 4.69) is 41.6 Å². The Kier molecular flexibility index (Phi) is 18.2. The minimum atomic E-state index is -5.31. The van der Waals surface area contributed by atoms with Crippen LogP contribution in [-0.2, 0) is 74.9 Å². The topological polar surface area (TPSA) is 323 Å². The third-order valence-corrected chi connectivity index (χ3v) is 18.3. The van der Waals surface area contributed by atoms with Gasteiger partial charge in [-0.25, -0.2) is 49.3 Å². The van der Waals surface area contributed by atoms with Crippen LogP contribution in [0.2, 0.25) is 5.02 Å². The van der Waals surface area contributed by atoms with E-state index in [1.807, 2.05) is 0 Å². The van der Waals surface area contributed by atoms with Gasteiger partial charge in [0.15, 0.2) is 21.3 Å². The third kappa shape index (κ3) is 14.3. The summed E-state index contributed by atoms with van der Waals surface area (Å²) in [5.74, 6) is -8.53. The number of phosphoric acid groups is 1. The van der Waals surface area contributed by atoms with Gasteiger partial charge in [0.2, 0.25) is 22.7 Å². The first-order chi connectivity index (χ1) is 40.5. The molecule has 8 rings (SSSR count). The molecule has 1 saturated heterocycles. The van der Waals surface area contributed by atoms with Gasteiger partial charge in [0.25, 0.3) is 5.92 Å². The second-order valence-corrected chi connectivity index (χ2v) is 27.3. The van der Waals surface area contributed by atoms with Crippen molar-refractivity contribution in [2.45, 2.75) is 99.7 Å². The van der Waals surface area contributed by atoms with Gasteiger partial charge in [0, 0.05) is 48.0 Å². The number of β-amino-alcohol motifs (C(OH)–C–C–N with tert-alkyl or cyclic N) is 1. The number of sulfonamides is 1. The summed E-state index contributed by atoms with van der Waals surface area (Å²) in [4.78, 5) is 77.5. The number of hydrogen-bond donors (Lipinski definition) is 5. The number of carbonyl (C=O) groups excluding carboxylic acids is 3. The van der Waals surface area contributed by atoms with E-state index in [-0.39, 0.29) is 32.1 Å². The average Bonchev–Trinajstić information content (AvgIpc) is 1.54. The quantitative estimate of drug-likeness (QED) is 0.0267. The number of carboxylic acids is 1. The van der Waals surface area contributed by atoms with E-state index in [4.69, 9.17) is 21.4 Å². The number of hydrogen-bond acceptors (Lipinski definition) is 15. The Bertz CT molecular complexity index is 3980. The zero-order valence-electron chi connectivity index (χ0n) is 45.8. The van der Waals surface area contributed by atoms with Gasteiger partial charge in [-0.3, -0.25) is 23.9 Å². The number of nitrogens with zero attached hydrogens (tertiary/aromatic N) is 8. The Morgan fingerprint density at radius 3 is 2.17 bits per heavy atom.